The number of carbonyl (C=O) groups excluding carboxylic acids is 2. The Kier molecular flexibility index (Phi) is 11.5. The van der Waals surface area contributed by atoms with Gasteiger partial charge in [0.2, 0.25) is 15.8 Å². The number of carbonyl (C=O) groups is 2. The average molecular weight is 520 g/mol. The highest BCUT2D eigenvalue weighted by atomic mass is 32.2. The van der Waals surface area contributed by atoms with Crippen LogP contribution in [0, 0.1) is 16.0 Å². The minimum atomic E-state index is -4.10. The Hall–Kier alpha value is -3.31. The van der Waals surface area contributed by atoms with E-state index in [0.29, 0.717) is 12.8 Å². The number of hydrogen-bond donors (Lipinski definition) is 2. The number of benzene rings is 2. The fourth-order valence-electron chi connectivity index (χ4n) is 3.53. The van der Waals surface area contributed by atoms with Gasteiger partial charge >= 0.3 is 6.09 Å². The molecule has 1 amide bonds. The van der Waals surface area contributed by atoms with E-state index >= 15 is 0 Å². The minimum Gasteiger partial charge on any atom is -0.445 e. The van der Waals surface area contributed by atoms with Gasteiger partial charge < -0.3 is 10.1 Å². The van der Waals surface area contributed by atoms with Crippen LogP contribution in [0.25, 0.3) is 0 Å². The van der Waals surface area contributed by atoms with Crippen LogP contribution in [0.15, 0.2) is 60.7 Å². The first-order valence-electron chi connectivity index (χ1n) is 11.7. The lowest BCUT2D eigenvalue weighted by Gasteiger charge is -2.25. The zero-order valence-corrected chi connectivity index (χ0v) is 21.3. The SMILES string of the molecule is CC[C@@H](C)[C@@H](CS(=O)(=O)N[C@@H](CCc1ccccc1)C(=O)C[N+](=O)[O-])NC(=O)OCc1ccccc1. The Bertz CT molecular complexity index is 1100. The van der Waals surface area contributed by atoms with Gasteiger partial charge in [-0.05, 0) is 29.9 Å². The Labute approximate surface area is 211 Å². The van der Waals surface area contributed by atoms with Crippen LogP contribution >= 0.6 is 0 Å². The van der Waals surface area contributed by atoms with E-state index in [-0.39, 0.29) is 18.9 Å². The Morgan fingerprint density at radius 2 is 1.61 bits per heavy atom. The predicted molar refractivity (Wildman–Crippen MR) is 135 cm³/mol. The van der Waals surface area contributed by atoms with Gasteiger partial charge in [0.15, 0.2) is 0 Å². The Balaban J connectivity index is 2.06. The molecular formula is C25H33N3O7S. The minimum absolute atomic E-state index is 0.0296. The standard InChI is InChI=1S/C25H33N3O7S/c1-3-19(2)23(26-25(30)35-17-21-12-8-5-9-13-21)18-36(33,34)27-22(24(29)16-28(31)32)15-14-20-10-6-4-7-11-20/h4-13,19,22-23,27H,3,14-18H2,1-2H3,(H,26,30)/t19-,22+,23-/m1/s1. The molecule has 2 aromatic rings. The molecule has 0 radical (unpaired) electrons. The monoisotopic (exact) mass is 519 g/mol. The molecule has 196 valence electrons. The van der Waals surface area contributed by atoms with Gasteiger partial charge in [0.1, 0.15) is 6.61 Å². The lowest BCUT2D eigenvalue weighted by atomic mass is 10.0. The van der Waals surface area contributed by atoms with Gasteiger partial charge in [-0.15, -0.1) is 0 Å². The summed E-state index contributed by atoms with van der Waals surface area (Å²) in [5.41, 5.74) is 1.66. The van der Waals surface area contributed by atoms with Crippen molar-refractivity contribution in [3.05, 3.63) is 81.9 Å². The third-order valence-corrected chi connectivity index (χ3v) is 7.25. The van der Waals surface area contributed by atoms with Crippen LogP contribution in [0.2, 0.25) is 0 Å². The Morgan fingerprint density at radius 3 is 2.17 bits per heavy atom. The van der Waals surface area contributed by atoms with E-state index in [1.165, 1.54) is 0 Å². The topological polar surface area (TPSA) is 145 Å². The van der Waals surface area contributed by atoms with Crippen molar-refractivity contribution < 1.29 is 27.7 Å². The number of sulfonamides is 1. The van der Waals surface area contributed by atoms with Crippen molar-refractivity contribution >= 4 is 21.9 Å². The van der Waals surface area contributed by atoms with Crippen molar-refractivity contribution in [3.8, 4) is 0 Å². The van der Waals surface area contributed by atoms with Crippen molar-refractivity contribution in [1.29, 1.82) is 0 Å². The van der Waals surface area contributed by atoms with Gasteiger partial charge in [0.25, 0.3) is 6.54 Å². The van der Waals surface area contributed by atoms with E-state index < -0.39 is 51.2 Å². The van der Waals surface area contributed by atoms with Crippen LogP contribution < -0.4 is 10.0 Å². The van der Waals surface area contributed by atoms with Gasteiger partial charge in [-0.2, -0.15) is 0 Å². The van der Waals surface area contributed by atoms with Crippen LogP contribution in [0.5, 0.6) is 0 Å². The fraction of sp³-hybridized carbons (Fsp3) is 0.440. The van der Waals surface area contributed by atoms with E-state index in [0.717, 1.165) is 11.1 Å². The smallest absolute Gasteiger partial charge is 0.407 e. The number of aryl methyl sites for hydroxylation is 1. The summed E-state index contributed by atoms with van der Waals surface area (Å²) in [5, 5.41) is 13.5. The molecule has 36 heavy (non-hydrogen) atoms. The molecule has 0 heterocycles. The molecule has 2 aromatic carbocycles. The number of rotatable bonds is 15. The summed E-state index contributed by atoms with van der Waals surface area (Å²) >= 11 is 0. The molecule has 0 aliphatic carbocycles. The predicted octanol–water partition coefficient (Wildman–Crippen LogP) is 3.09. The maximum absolute atomic E-state index is 13.0. The van der Waals surface area contributed by atoms with E-state index in [2.05, 4.69) is 10.0 Å². The molecule has 0 aliphatic heterocycles. The summed E-state index contributed by atoms with van der Waals surface area (Å²) in [7, 11) is -4.10. The summed E-state index contributed by atoms with van der Waals surface area (Å²) < 4.78 is 33.6. The second-order valence-corrected chi connectivity index (χ2v) is 10.4. The van der Waals surface area contributed by atoms with Crippen molar-refractivity contribution in [2.24, 2.45) is 5.92 Å². The first kappa shape index (κ1) is 28.9. The quantitative estimate of drug-likeness (QED) is 0.272. The molecule has 0 spiro atoms. The lowest BCUT2D eigenvalue weighted by molar-refractivity contribution is -0.467. The maximum atomic E-state index is 13.0. The van der Waals surface area contributed by atoms with Crippen molar-refractivity contribution in [2.75, 3.05) is 12.3 Å². The maximum Gasteiger partial charge on any atom is 0.407 e. The third-order valence-electron chi connectivity index (χ3n) is 5.81. The number of ketones is 1. The van der Waals surface area contributed by atoms with Crippen molar-refractivity contribution in [1.82, 2.24) is 10.0 Å². The number of amides is 1. The number of nitrogens with one attached hydrogen (secondary N) is 2. The van der Waals surface area contributed by atoms with E-state index in [9.17, 15) is 28.1 Å². The van der Waals surface area contributed by atoms with Crippen LogP contribution in [-0.2, 0) is 32.6 Å². The van der Waals surface area contributed by atoms with Gasteiger partial charge in [-0.25, -0.2) is 17.9 Å². The molecule has 0 saturated carbocycles. The zero-order valence-electron chi connectivity index (χ0n) is 20.5. The molecule has 3 atom stereocenters. The Morgan fingerprint density at radius 1 is 1.03 bits per heavy atom. The van der Waals surface area contributed by atoms with E-state index in [4.69, 9.17) is 4.74 Å². The summed E-state index contributed by atoms with van der Waals surface area (Å²) in [6.45, 7) is 2.70. The number of alkyl carbamates (subject to hydrolysis) is 1. The largest absolute Gasteiger partial charge is 0.445 e. The lowest BCUT2D eigenvalue weighted by Crippen LogP contribution is -2.50. The second kappa shape index (κ2) is 14.3. The molecule has 11 heteroatoms. The van der Waals surface area contributed by atoms with Crippen LogP contribution in [-0.4, -0.2) is 49.6 Å². The third kappa shape index (κ3) is 10.5. The molecule has 0 saturated heterocycles. The van der Waals surface area contributed by atoms with Gasteiger partial charge in [-0.3, -0.25) is 14.9 Å². The summed E-state index contributed by atoms with van der Waals surface area (Å²) in [6.07, 6.45) is 0.244. The zero-order chi connectivity index (χ0) is 26.6. The van der Waals surface area contributed by atoms with Crippen molar-refractivity contribution in [2.45, 2.75) is 51.8 Å². The molecule has 2 N–H and O–H groups in total. The highest BCUT2D eigenvalue weighted by Crippen LogP contribution is 2.13. The highest BCUT2D eigenvalue weighted by molar-refractivity contribution is 7.89. The molecular weight excluding hydrogens is 486 g/mol. The summed E-state index contributed by atoms with van der Waals surface area (Å²) in [4.78, 5) is 34.9. The van der Waals surface area contributed by atoms with Crippen LogP contribution in [0.1, 0.15) is 37.8 Å². The van der Waals surface area contributed by atoms with Gasteiger partial charge in [-0.1, -0.05) is 80.9 Å². The highest BCUT2D eigenvalue weighted by Gasteiger charge is 2.31. The van der Waals surface area contributed by atoms with Gasteiger partial charge in [0.05, 0.1) is 11.8 Å². The second-order valence-electron chi connectivity index (χ2n) is 8.63. The molecule has 0 bridgehead atoms. The first-order chi connectivity index (χ1) is 17.1. The number of nitrogens with zero attached hydrogens (tertiary/aromatic N) is 1. The molecule has 10 nitrogen and oxygen atoms in total. The van der Waals surface area contributed by atoms with Crippen LogP contribution in [0.4, 0.5) is 4.79 Å². The number of ether oxygens (including phenoxy) is 1. The van der Waals surface area contributed by atoms with Gasteiger partial charge in [0, 0.05) is 11.0 Å². The molecule has 0 aromatic heterocycles. The average Bonchev–Trinajstić information content (AvgIpc) is 2.85. The number of hydrogen-bond acceptors (Lipinski definition) is 7. The van der Waals surface area contributed by atoms with E-state index in [1.54, 1.807) is 19.1 Å². The molecule has 0 aliphatic rings. The molecule has 0 unspecified atom stereocenters. The summed E-state index contributed by atoms with van der Waals surface area (Å²) in [5.74, 6) is -1.55. The molecule has 0 fully saturated rings. The van der Waals surface area contributed by atoms with Crippen LogP contribution in [0.3, 0.4) is 0 Å². The number of Topliss-reactive ketones (excluding diaryl/α,β-unsaturated/α-hetero) is 1. The van der Waals surface area contributed by atoms with E-state index in [1.807, 2.05) is 55.5 Å². The summed E-state index contributed by atoms with van der Waals surface area (Å²) in [6, 6.07) is 16.1. The first-order valence-corrected chi connectivity index (χ1v) is 13.4. The normalized spacial score (nSPS) is 13.8. The number of nitro groups is 1. The van der Waals surface area contributed by atoms with Crippen molar-refractivity contribution in [3.63, 3.8) is 0 Å². The fourth-order valence-corrected chi connectivity index (χ4v) is 5.19. The molecule has 2 rings (SSSR count).